The first-order valence-corrected chi connectivity index (χ1v) is 7.10. The minimum absolute atomic E-state index is 0.147. The van der Waals surface area contributed by atoms with Gasteiger partial charge in [0.1, 0.15) is 11.9 Å². The van der Waals surface area contributed by atoms with Crippen LogP contribution in [0.4, 0.5) is 10.1 Å². The zero-order chi connectivity index (χ0) is 14.7. The smallest absolute Gasteiger partial charge is 0.243 e. The summed E-state index contributed by atoms with van der Waals surface area (Å²) in [5.41, 5.74) is 6.20. The second kappa shape index (κ2) is 6.52. The SMILES string of the molecule is CC(C)CC1CC(C(=O)Nc2ccc(Cl)cc2F)NN1. The van der Waals surface area contributed by atoms with E-state index in [1.54, 1.807) is 6.07 Å². The third-order valence-electron chi connectivity index (χ3n) is 3.24. The van der Waals surface area contributed by atoms with E-state index in [-0.39, 0.29) is 23.7 Å². The average molecular weight is 300 g/mol. The van der Waals surface area contributed by atoms with Gasteiger partial charge in [0, 0.05) is 11.1 Å². The molecule has 1 fully saturated rings. The van der Waals surface area contributed by atoms with Crippen molar-refractivity contribution >= 4 is 23.2 Å². The van der Waals surface area contributed by atoms with E-state index < -0.39 is 5.82 Å². The van der Waals surface area contributed by atoms with Gasteiger partial charge in [-0.1, -0.05) is 25.4 Å². The highest BCUT2D eigenvalue weighted by Gasteiger charge is 2.29. The Bertz CT molecular complexity index is 495. The summed E-state index contributed by atoms with van der Waals surface area (Å²) >= 11 is 5.67. The predicted molar refractivity (Wildman–Crippen MR) is 78.0 cm³/mol. The Labute approximate surface area is 123 Å². The van der Waals surface area contributed by atoms with E-state index in [9.17, 15) is 9.18 Å². The summed E-state index contributed by atoms with van der Waals surface area (Å²) in [6.07, 6.45) is 1.69. The number of halogens is 2. The van der Waals surface area contributed by atoms with Gasteiger partial charge < -0.3 is 5.32 Å². The molecule has 4 nitrogen and oxygen atoms in total. The molecule has 0 aliphatic carbocycles. The number of carbonyl (C=O) groups excluding carboxylic acids is 1. The Morgan fingerprint density at radius 2 is 2.25 bits per heavy atom. The molecular formula is C14H19ClFN3O. The molecule has 0 saturated carbocycles. The molecular weight excluding hydrogens is 281 g/mol. The molecule has 2 unspecified atom stereocenters. The maximum absolute atomic E-state index is 13.6. The Balaban J connectivity index is 1.92. The molecule has 0 radical (unpaired) electrons. The summed E-state index contributed by atoms with van der Waals surface area (Å²) in [6, 6.07) is 4.10. The monoisotopic (exact) mass is 299 g/mol. The molecule has 1 heterocycles. The summed E-state index contributed by atoms with van der Waals surface area (Å²) in [6.45, 7) is 4.27. The van der Waals surface area contributed by atoms with Crippen LogP contribution >= 0.6 is 11.6 Å². The molecule has 2 rings (SSSR count). The maximum Gasteiger partial charge on any atom is 0.243 e. The van der Waals surface area contributed by atoms with Crippen molar-refractivity contribution in [2.45, 2.75) is 38.8 Å². The van der Waals surface area contributed by atoms with Crippen LogP contribution in [-0.4, -0.2) is 18.0 Å². The molecule has 110 valence electrons. The molecule has 1 aromatic carbocycles. The number of nitrogens with one attached hydrogen (secondary N) is 3. The van der Waals surface area contributed by atoms with Crippen LogP contribution in [0, 0.1) is 11.7 Å². The van der Waals surface area contributed by atoms with E-state index in [2.05, 4.69) is 30.0 Å². The van der Waals surface area contributed by atoms with Gasteiger partial charge in [-0.05, 0) is 37.0 Å². The van der Waals surface area contributed by atoms with Crippen molar-refractivity contribution in [1.82, 2.24) is 10.9 Å². The van der Waals surface area contributed by atoms with E-state index in [1.165, 1.54) is 12.1 Å². The summed E-state index contributed by atoms with van der Waals surface area (Å²) in [4.78, 5) is 12.1. The summed E-state index contributed by atoms with van der Waals surface area (Å²) in [7, 11) is 0. The molecule has 20 heavy (non-hydrogen) atoms. The third kappa shape index (κ3) is 3.91. The van der Waals surface area contributed by atoms with Crippen LogP contribution < -0.4 is 16.2 Å². The Morgan fingerprint density at radius 1 is 1.50 bits per heavy atom. The van der Waals surface area contributed by atoms with Crippen LogP contribution in [0.3, 0.4) is 0 Å². The molecule has 1 aliphatic heterocycles. The van der Waals surface area contributed by atoms with Gasteiger partial charge in [-0.2, -0.15) is 0 Å². The second-order valence-corrected chi connectivity index (χ2v) is 5.95. The fourth-order valence-electron chi connectivity index (χ4n) is 2.33. The second-order valence-electron chi connectivity index (χ2n) is 5.52. The number of rotatable bonds is 4. The first-order valence-electron chi connectivity index (χ1n) is 6.72. The van der Waals surface area contributed by atoms with Crippen LogP contribution in [-0.2, 0) is 4.79 Å². The minimum atomic E-state index is -0.532. The quantitative estimate of drug-likeness (QED) is 0.801. The summed E-state index contributed by atoms with van der Waals surface area (Å²) in [5.74, 6) is -0.217. The van der Waals surface area contributed by atoms with Crippen molar-refractivity contribution in [3.63, 3.8) is 0 Å². The normalized spacial score (nSPS) is 22.2. The Kier molecular flexibility index (Phi) is 4.96. The van der Waals surface area contributed by atoms with Crippen molar-refractivity contribution in [3.8, 4) is 0 Å². The van der Waals surface area contributed by atoms with Gasteiger partial charge in [0.15, 0.2) is 0 Å². The Hall–Kier alpha value is -1.17. The standard InChI is InChI=1S/C14H19ClFN3O/c1-8(2)5-10-7-13(19-18-10)14(20)17-12-4-3-9(15)6-11(12)16/h3-4,6,8,10,13,18-19H,5,7H2,1-2H3,(H,17,20). The zero-order valence-electron chi connectivity index (χ0n) is 11.5. The lowest BCUT2D eigenvalue weighted by atomic mass is 10.00. The van der Waals surface area contributed by atoms with Crippen LogP contribution in [0.5, 0.6) is 0 Å². The van der Waals surface area contributed by atoms with E-state index >= 15 is 0 Å². The van der Waals surface area contributed by atoms with Crippen molar-refractivity contribution in [2.75, 3.05) is 5.32 Å². The van der Waals surface area contributed by atoms with E-state index in [0.29, 0.717) is 17.4 Å². The van der Waals surface area contributed by atoms with Crippen molar-refractivity contribution in [2.24, 2.45) is 5.92 Å². The number of hydrazine groups is 1. The lowest BCUT2D eigenvalue weighted by molar-refractivity contribution is -0.117. The number of benzene rings is 1. The molecule has 1 amide bonds. The molecule has 2 atom stereocenters. The van der Waals surface area contributed by atoms with Gasteiger partial charge in [-0.3, -0.25) is 10.2 Å². The first kappa shape index (κ1) is 15.2. The topological polar surface area (TPSA) is 53.2 Å². The van der Waals surface area contributed by atoms with Gasteiger partial charge in [0.05, 0.1) is 5.69 Å². The molecule has 0 spiro atoms. The fourth-order valence-corrected chi connectivity index (χ4v) is 2.49. The lowest BCUT2D eigenvalue weighted by Gasteiger charge is -2.12. The van der Waals surface area contributed by atoms with Gasteiger partial charge in [-0.25, -0.2) is 9.82 Å². The lowest BCUT2D eigenvalue weighted by Crippen LogP contribution is -2.40. The van der Waals surface area contributed by atoms with Crippen LogP contribution in [0.15, 0.2) is 18.2 Å². The highest BCUT2D eigenvalue weighted by molar-refractivity contribution is 6.30. The zero-order valence-corrected chi connectivity index (χ0v) is 12.3. The Morgan fingerprint density at radius 3 is 2.90 bits per heavy atom. The van der Waals surface area contributed by atoms with E-state index in [1.807, 2.05) is 0 Å². The first-order chi connectivity index (χ1) is 9.45. The molecule has 6 heteroatoms. The number of carbonyl (C=O) groups is 1. The van der Waals surface area contributed by atoms with Crippen molar-refractivity contribution < 1.29 is 9.18 Å². The summed E-state index contributed by atoms with van der Waals surface area (Å²) in [5, 5.41) is 2.88. The highest BCUT2D eigenvalue weighted by atomic mass is 35.5. The average Bonchev–Trinajstić information content (AvgIpc) is 2.80. The number of hydrogen-bond acceptors (Lipinski definition) is 3. The fraction of sp³-hybridized carbons (Fsp3) is 0.500. The van der Waals surface area contributed by atoms with Gasteiger partial charge >= 0.3 is 0 Å². The molecule has 1 saturated heterocycles. The predicted octanol–water partition coefficient (Wildman–Crippen LogP) is 2.70. The van der Waals surface area contributed by atoms with Gasteiger partial charge in [-0.15, -0.1) is 0 Å². The van der Waals surface area contributed by atoms with Crippen LogP contribution in [0.1, 0.15) is 26.7 Å². The molecule has 0 aromatic heterocycles. The van der Waals surface area contributed by atoms with Crippen LogP contribution in [0.25, 0.3) is 0 Å². The van der Waals surface area contributed by atoms with Gasteiger partial charge in [0.25, 0.3) is 0 Å². The highest BCUT2D eigenvalue weighted by Crippen LogP contribution is 2.20. The van der Waals surface area contributed by atoms with Crippen molar-refractivity contribution in [3.05, 3.63) is 29.0 Å². The molecule has 1 aliphatic rings. The van der Waals surface area contributed by atoms with Gasteiger partial charge in [0.2, 0.25) is 5.91 Å². The van der Waals surface area contributed by atoms with Crippen molar-refractivity contribution in [1.29, 1.82) is 0 Å². The number of amides is 1. The van der Waals surface area contributed by atoms with Crippen LogP contribution in [0.2, 0.25) is 5.02 Å². The number of hydrogen-bond donors (Lipinski definition) is 3. The molecule has 1 aromatic rings. The third-order valence-corrected chi connectivity index (χ3v) is 3.48. The largest absolute Gasteiger partial charge is 0.322 e. The molecule has 0 bridgehead atoms. The minimum Gasteiger partial charge on any atom is -0.322 e. The van der Waals surface area contributed by atoms with E-state index in [4.69, 9.17) is 11.6 Å². The molecule has 3 N–H and O–H groups in total. The summed E-state index contributed by atoms with van der Waals surface area (Å²) < 4.78 is 13.6. The number of anilines is 1. The maximum atomic E-state index is 13.6. The van der Waals surface area contributed by atoms with E-state index in [0.717, 1.165) is 6.42 Å².